The number of fused-ring (bicyclic) bond motifs is 1. The second-order valence-electron chi connectivity index (χ2n) is 8.29. The average molecular weight is 425 g/mol. The standard InChI is InChI=1S/C25H31NO5/c1-15-11-23(31-14-24(27)28)17(3)22-12-19(7-10-21(15)22)16(2)25(29)26-13-18-5-8-20(30-4)9-6-18/h5-6,8-9,11,16,19H,7,10,12-14H2,1-4H3,(H,26,29)(H,27,28)/p-1/t16-,19+/m0/s1. The third kappa shape index (κ3) is 5.37. The summed E-state index contributed by atoms with van der Waals surface area (Å²) >= 11 is 0. The Kier molecular flexibility index (Phi) is 7.21. The molecule has 0 unspecified atom stereocenters. The summed E-state index contributed by atoms with van der Waals surface area (Å²) in [6.45, 7) is 5.98. The van der Waals surface area contributed by atoms with Crippen LogP contribution in [0.5, 0.6) is 11.5 Å². The zero-order valence-corrected chi connectivity index (χ0v) is 18.6. The molecule has 0 aromatic heterocycles. The quantitative estimate of drug-likeness (QED) is 0.704. The molecular formula is C25H30NO5-. The lowest BCUT2D eigenvalue weighted by Crippen LogP contribution is -2.35. The Morgan fingerprint density at radius 2 is 1.90 bits per heavy atom. The van der Waals surface area contributed by atoms with Crippen LogP contribution in [0.4, 0.5) is 0 Å². The first-order valence-electron chi connectivity index (χ1n) is 10.6. The number of rotatable bonds is 8. The van der Waals surface area contributed by atoms with Gasteiger partial charge in [0.25, 0.3) is 0 Å². The minimum atomic E-state index is -1.24. The summed E-state index contributed by atoms with van der Waals surface area (Å²) in [7, 11) is 1.63. The number of ether oxygens (including phenoxy) is 2. The number of aliphatic carboxylic acids is 1. The maximum absolute atomic E-state index is 12.8. The summed E-state index contributed by atoms with van der Waals surface area (Å²) in [5.41, 5.74) is 5.55. The number of methoxy groups -OCH3 is 1. The zero-order valence-electron chi connectivity index (χ0n) is 18.6. The second kappa shape index (κ2) is 9.86. The van der Waals surface area contributed by atoms with E-state index in [1.54, 1.807) is 7.11 Å². The lowest BCUT2D eigenvalue weighted by Gasteiger charge is -2.31. The molecule has 0 aliphatic heterocycles. The van der Waals surface area contributed by atoms with Gasteiger partial charge in [-0.05, 0) is 85.0 Å². The lowest BCUT2D eigenvalue weighted by molar-refractivity contribution is -0.307. The summed E-state index contributed by atoms with van der Waals surface area (Å²) in [4.78, 5) is 23.6. The molecule has 0 saturated carbocycles. The van der Waals surface area contributed by atoms with Crippen LogP contribution in [0.15, 0.2) is 30.3 Å². The van der Waals surface area contributed by atoms with Gasteiger partial charge in [-0.1, -0.05) is 19.1 Å². The van der Waals surface area contributed by atoms with Gasteiger partial charge in [-0.25, -0.2) is 0 Å². The molecule has 6 heteroatoms. The van der Waals surface area contributed by atoms with Crippen LogP contribution in [0.3, 0.4) is 0 Å². The molecule has 1 amide bonds. The lowest BCUT2D eigenvalue weighted by atomic mass is 9.74. The topological polar surface area (TPSA) is 87.7 Å². The van der Waals surface area contributed by atoms with Crippen LogP contribution >= 0.6 is 0 Å². The molecule has 166 valence electrons. The normalized spacial score (nSPS) is 16.2. The van der Waals surface area contributed by atoms with Gasteiger partial charge in [0.1, 0.15) is 18.1 Å². The van der Waals surface area contributed by atoms with Crippen LogP contribution in [0.25, 0.3) is 0 Å². The number of amides is 1. The van der Waals surface area contributed by atoms with Gasteiger partial charge in [0.2, 0.25) is 5.91 Å². The van der Waals surface area contributed by atoms with Crippen LogP contribution < -0.4 is 19.9 Å². The molecule has 1 N–H and O–H groups in total. The fourth-order valence-electron chi connectivity index (χ4n) is 4.34. The van der Waals surface area contributed by atoms with Gasteiger partial charge in [0.15, 0.2) is 0 Å². The molecule has 31 heavy (non-hydrogen) atoms. The molecule has 0 radical (unpaired) electrons. The minimum Gasteiger partial charge on any atom is -0.546 e. The van der Waals surface area contributed by atoms with Crippen molar-refractivity contribution in [2.75, 3.05) is 13.7 Å². The molecule has 0 spiro atoms. The Morgan fingerprint density at radius 3 is 2.55 bits per heavy atom. The molecule has 2 aromatic rings. The Hall–Kier alpha value is -3.02. The highest BCUT2D eigenvalue weighted by molar-refractivity contribution is 5.78. The number of hydrogen-bond acceptors (Lipinski definition) is 5. The van der Waals surface area contributed by atoms with Gasteiger partial charge in [0, 0.05) is 12.5 Å². The summed E-state index contributed by atoms with van der Waals surface area (Å²) in [5.74, 6) is 0.269. The molecule has 0 fully saturated rings. The zero-order chi connectivity index (χ0) is 22.5. The first-order chi connectivity index (χ1) is 14.8. The summed E-state index contributed by atoms with van der Waals surface area (Å²) < 4.78 is 10.6. The molecule has 1 aliphatic carbocycles. The number of carboxylic acid groups (broad SMARTS) is 1. The summed E-state index contributed by atoms with van der Waals surface area (Å²) in [6, 6.07) is 9.56. The Morgan fingerprint density at radius 1 is 1.19 bits per heavy atom. The molecular weight excluding hydrogens is 394 g/mol. The number of carbonyl (C=O) groups is 2. The fourth-order valence-corrected chi connectivity index (χ4v) is 4.34. The molecule has 0 bridgehead atoms. The third-order valence-electron chi connectivity index (χ3n) is 6.33. The van der Waals surface area contributed by atoms with Crippen molar-refractivity contribution in [2.45, 2.75) is 46.6 Å². The molecule has 2 atom stereocenters. The van der Waals surface area contributed by atoms with Crippen molar-refractivity contribution in [2.24, 2.45) is 11.8 Å². The van der Waals surface area contributed by atoms with Crippen molar-refractivity contribution in [3.8, 4) is 11.5 Å². The number of carbonyl (C=O) groups excluding carboxylic acids is 2. The van der Waals surface area contributed by atoms with E-state index in [9.17, 15) is 14.7 Å². The van der Waals surface area contributed by atoms with Gasteiger partial charge < -0.3 is 24.7 Å². The van der Waals surface area contributed by atoms with Crippen LogP contribution in [0.2, 0.25) is 0 Å². The molecule has 0 heterocycles. The number of carboxylic acids is 1. The van der Waals surface area contributed by atoms with Gasteiger partial charge in [-0.2, -0.15) is 0 Å². The number of hydrogen-bond donors (Lipinski definition) is 1. The van der Waals surface area contributed by atoms with Gasteiger partial charge in [-0.15, -0.1) is 0 Å². The molecule has 2 aromatic carbocycles. The highest BCUT2D eigenvalue weighted by Crippen LogP contribution is 2.37. The fraction of sp³-hybridized carbons (Fsp3) is 0.440. The highest BCUT2D eigenvalue weighted by atomic mass is 16.5. The van der Waals surface area contributed by atoms with Crippen LogP contribution in [-0.2, 0) is 29.0 Å². The van der Waals surface area contributed by atoms with Crippen molar-refractivity contribution in [1.29, 1.82) is 0 Å². The van der Waals surface area contributed by atoms with Gasteiger partial charge in [0.05, 0.1) is 13.1 Å². The van der Waals surface area contributed by atoms with Crippen molar-refractivity contribution in [3.05, 3.63) is 58.1 Å². The first kappa shape index (κ1) is 22.7. The van der Waals surface area contributed by atoms with Crippen LogP contribution in [0.1, 0.15) is 41.2 Å². The van der Waals surface area contributed by atoms with E-state index in [1.165, 1.54) is 11.1 Å². The second-order valence-corrected chi connectivity index (χ2v) is 8.29. The van der Waals surface area contributed by atoms with Gasteiger partial charge >= 0.3 is 0 Å². The van der Waals surface area contributed by atoms with Crippen molar-refractivity contribution in [1.82, 2.24) is 5.32 Å². The van der Waals surface area contributed by atoms with E-state index in [1.807, 2.05) is 51.1 Å². The van der Waals surface area contributed by atoms with Crippen molar-refractivity contribution >= 4 is 11.9 Å². The highest BCUT2D eigenvalue weighted by Gasteiger charge is 2.30. The number of nitrogens with one attached hydrogen (secondary N) is 1. The molecule has 6 nitrogen and oxygen atoms in total. The van der Waals surface area contributed by atoms with Crippen molar-refractivity contribution < 1.29 is 24.2 Å². The molecule has 1 aliphatic rings. The minimum absolute atomic E-state index is 0.0444. The van der Waals surface area contributed by atoms with E-state index in [4.69, 9.17) is 9.47 Å². The SMILES string of the molecule is COc1ccc(CNC(=O)[C@@H](C)[C@@H]2CCc3c(C)cc(OCC(=O)[O-])c(C)c3C2)cc1. The largest absolute Gasteiger partial charge is 0.546 e. The number of aryl methyl sites for hydroxylation is 1. The van der Waals surface area contributed by atoms with E-state index in [-0.39, 0.29) is 17.7 Å². The van der Waals surface area contributed by atoms with E-state index < -0.39 is 12.6 Å². The van der Waals surface area contributed by atoms with E-state index in [0.717, 1.165) is 41.7 Å². The average Bonchev–Trinajstić information content (AvgIpc) is 2.78. The van der Waals surface area contributed by atoms with Crippen molar-refractivity contribution in [3.63, 3.8) is 0 Å². The Labute approximate surface area is 183 Å². The molecule has 3 rings (SSSR count). The predicted molar refractivity (Wildman–Crippen MR) is 116 cm³/mol. The Bertz CT molecular complexity index is 951. The smallest absolute Gasteiger partial charge is 0.223 e. The molecule has 0 saturated heterocycles. The third-order valence-corrected chi connectivity index (χ3v) is 6.33. The Balaban J connectivity index is 1.66. The maximum atomic E-state index is 12.8. The van der Waals surface area contributed by atoms with E-state index >= 15 is 0 Å². The monoisotopic (exact) mass is 424 g/mol. The van der Waals surface area contributed by atoms with Gasteiger partial charge in [-0.3, -0.25) is 4.79 Å². The summed E-state index contributed by atoms with van der Waals surface area (Å²) in [6.07, 6.45) is 2.63. The summed E-state index contributed by atoms with van der Waals surface area (Å²) in [5, 5.41) is 13.8. The van der Waals surface area contributed by atoms with E-state index in [2.05, 4.69) is 5.32 Å². The number of benzene rings is 2. The van der Waals surface area contributed by atoms with Crippen LogP contribution in [-0.4, -0.2) is 25.6 Å². The van der Waals surface area contributed by atoms with E-state index in [0.29, 0.717) is 12.3 Å². The van der Waals surface area contributed by atoms with Crippen LogP contribution in [0, 0.1) is 25.7 Å². The maximum Gasteiger partial charge on any atom is 0.223 e. The predicted octanol–water partition coefficient (Wildman–Crippen LogP) is 2.50. The first-order valence-corrected chi connectivity index (χ1v) is 10.6.